The monoisotopic (exact) mass is 323 g/mol. The van der Waals surface area contributed by atoms with Crippen LogP contribution in [0.25, 0.3) is 11.4 Å². The molecular formula is C18H14FN3O2. The van der Waals surface area contributed by atoms with Crippen LogP contribution in [0.2, 0.25) is 0 Å². The van der Waals surface area contributed by atoms with Gasteiger partial charge in [0.25, 0.3) is 0 Å². The molecule has 0 unspecified atom stereocenters. The third-order valence-electron chi connectivity index (χ3n) is 4.09. The van der Waals surface area contributed by atoms with E-state index in [2.05, 4.69) is 10.1 Å². The van der Waals surface area contributed by atoms with Gasteiger partial charge in [-0.05, 0) is 24.3 Å². The van der Waals surface area contributed by atoms with Crippen LogP contribution in [0.4, 0.5) is 10.1 Å². The zero-order valence-corrected chi connectivity index (χ0v) is 12.7. The van der Waals surface area contributed by atoms with Crippen molar-refractivity contribution in [3.05, 3.63) is 66.3 Å². The van der Waals surface area contributed by atoms with E-state index >= 15 is 0 Å². The fourth-order valence-corrected chi connectivity index (χ4v) is 2.85. The first kappa shape index (κ1) is 14.6. The lowest BCUT2D eigenvalue weighted by molar-refractivity contribution is -0.117. The lowest BCUT2D eigenvalue weighted by atomic mass is 10.1. The van der Waals surface area contributed by atoms with Gasteiger partial charge in [0.15, 0.2) is 0 Å². The molecule has 0 aliphatic carbocycles. The zero-order chi connectivity index (χ0) is 16.5. The molecule has 0 N–H and O–H groups in total. The Morgan fingerprint density at radius 1 is 1.08 bits per heavy atom. The number of carbonyl (C=O) groups excluding carboxylic acids is 1. The van der Waals surface area contributed by atoms with E-state index in [-0.39, 0.29) is 17.6 Å². The molecule has 1 aliphatic heterocycles. The summed E-state index contributed by atoms with van der Waals surface area (Å²) >= 11 is 0. The zero-order valence-electron chi connectivity index (χ0n) is 12.7. The van der Waals surface area contributed by atoms with E-state index in [1.807, 2.05) is 30.3 Å². The molecule has 4 rings (SSSR count). The van der Waals surface area contributed by atoms with Gasteiger partial charge in [-0.2, -0.15) is 4.98 Å². The molecule has 120 valence electrons. The van der Waals surface area contributed by atoms with Gasteiger partial charge in [0.2, 0.25) is 17.6 Å². The molecule has 24 heavy (non-hydrogen) atoms. The Morgan fingerprint density at radius 2 is 1.83 bits per heavy atom. The smallest absolute Gasteiger partial charge is 0.232 e. The number of carbonyl (C=O) groups is 1. The highest BCUT2D eigenvalue weighted by Crippen LogP contribution is 2.31. The molecule has 0 radical (unpaired) electrons. The van der Waals surface area contributed by atoms with Gasteiger partial charge in [-0.3, -0.25) is 4.79 Å². The van der Waals surface area contributed by atoms with Gasteiger partial charge < -0.3 is 9.42 Å². The predicted molar refractivity (Wildman–Crippen MR) is 85.8 cm³/mol. The normalized spacial score (nSPS) is 17.5. The van der Waals surface area contributed by atoms with Gasteiger partial charge in [-0.25, -0.2) is 4.39 Å². The van der Waals surface area contributed by atoms with Crippen molar-refractivity contribution in [3.8, 4) is 11.4 Å². The van der Waals surface area contributed by atoms with E-state index in [0.29, 0.717) is 30.4 Å². The quantitative estimate of drug-likeness (QED) is 0.741. The largest absolute Gasteiger partial charge is 0.339 e. The second-order valence-corrected chi connectivity index (χ2v) is 5.70. The van der Waals surface area contributed by atoms with Crippen molar-refractivity contribution in [2.45, 2.75) is 12.3 Å². The molecule has 6 heteroatoms. The maximum atomic E-state index is 13.0. The van der Waals surface area contributed by atoms with E-state index in [1.165, 1.54) is 12.1 Å². The van der Waals surface area contributed by atoms with Gasteiger partial charge in [-0.1, -0.05) is 35.5 Å². The number of anilines is 1. The van der Waals surface area contributed by atoms with Gasteiger partial charge in [-0.15, -0.1) is 0 Å². The molecular weight excluding hydrogens is 309 g/mol. The minimum absolute atomic E-state index is 0.0360. The van der Waals surface area contributed by atoms with Crippen LogP contribution in [-0.2, 0) is 4.79 Å². The highest BCUT2D eigenvalue weighted by molar-refractivity contribution is 5.96. The van der Waals surface area contributed by atoms with E-state index in [0.717, 1.165) is 5.56 Å². The Bertz CT molecular complexity index is 861. The summed E-state index contributed by atoms with van der Waals surface area (Å²) in [4.78, 5) is 18.3. The van der Waals surface area contributed by atoms with Crippen LogP contribution in [0.3, 0.4) is 0 Å². The van der Waals surface area contributed by atoms with Crippen molar-refractivity contribution < 1.29 is 13.7 Å². The lowest BCUT2D eigenvalue weighted by Crippen LogP contribution is -2.24. The lowest BCUT2D eigenvalue weighted by Gasteiger charge is -2.15. The topological polar surface area (TPSA) is 59.2 Å². The van der Waals surface area contributed by atoms with Crippen LogP contribution in [0.15, 0.2) is 59.1 Å². The number of amides is 1. The van der Waals surface area contributed by atoms with Gasteiger partial charge in [0.05, 0.1) is 5.92 Å². The molecule has 5 nitrogen and oxygen atoms in total. The third kappa shape index (κ3) is 2.67. The minimum Gasteiger partial charge on any atom is -0.339 e. The Morgan fingerprint density at radius 3 is 2.58 bits per heavy atom. The van der Waals surface area contributed by atoms with Crippen molar-refractivity contribution in [3.63, 3.8) is 0 Å². The number of halogens is 1. The number of aromatic nitrogens is 2. The van der Waals surface area contributed by atoms with Gasteiger partial charge in [0.1, 0.15) is 5.82 Å². The summed E-state index contributed by atoms with van der Waals surface area (Å²) in [6, 6.07) is 15.4. The molecule has 1 fully saturated rings. The van der Waals surface area contributed by atoms with Crippen LogP contribution < -0.4 is 4.90 Å². The van der Waals surface area contributed by atoms with Crippen molar-refractivity contribution in [1.82, 2.24) is 10.1 Å². The number of hydrogen-bond donors (Lipinski definition) is 0. The second-order valence-electron chi connectivity index (χ2n) is 5.70. The molecule has 2 heterocycles. The first-order chi connectivity index (χ1) is 11.7. The molecule has 2 aromatic carbocycles. The third-order valence-corrected chi connectivity index (χ3v) is 4.09. The number of nitrogens with zero attached hydrogens (tertiary/aromatic N) is 3. The minimum atomic E-state index is -0.327. The molecule has 1 saturated heterocycles. The highest BCUT2D eigenvalue weighted by atomic mass is 19.1. The van der Waals surface area contributed by atoms with E-state index in [1.54, 1.807) is 17.0 Å². The number of rotatable bonds is 3. The fraction of sp³-hybridized carbons (Fsp3) is 0.167. The molecule has 1 amide bonds. The SMILES string of the molecule is O=C1C[C@H](c2nc(-c3ccccc3)no2)CN1c1ccc(F)cc1. The van der Waals surface area contributed by atoms with Crippen LogP contribution >= 0.6 is 0 Å². The summed E-state index contributed by atoms with van der Waals surface area (Å²) < 4.78 is 18.4. The van der Waals surface area contributed by atoms with E-state index in [4.69, 9.17) is 4.52 Å². The van der Waals surface area contributed by atoms with Crippen LogP contribution in [0, 0.1) is 5.82 Å². The fourth-order valence-electron chi connectivity index (χ4n) is 2.85. The number of benzene rings is 2. The molecule has 1 atom stereocenters. The van der Waals surface area contributed by atoms with Crippen LogP contribution in [0.1, 0.15) is 18.2 Å². The average molecular weight is 323 g/mol. The second kappa shape index (κ2) is 5.88. The Hall–Kier alpha value is -3.02. The predicted octanol–water partition coefficient (Wildman–Crippen LogP) is 3.40. The van der Waals surface area contributed by atoms with Crippen molar-refractivity contribution in [2.75, 3.05) is 11.4 Å². The first-order valence-electron chi connectivity index (χ1n) is 7.65. The van der Waals surface area contributed by atoms with Crippen LogP contribution in [0.5, 0.6) is 0 Å². The maximum Gasteiger partial charge on any atom is 0.232 e. The molecule has 3 aromatic rings. The summed E-state index contributed by atoms with van der Waals surface area (Å²) in [6.07, 6.45) is 0.299. The summed E-state index contributed by atoms with van der Waals surface area (Å²) in [5.74, 6) is 0.440. The summed E-state index contributed by atoms with van der Waals surface area (Å²) in [5.41, 5.74) is 1.54. The molecule has 1 aromatic heterocycles. The average Bonchev–Trinajstić information content (AvgIpc) is 3.23. The summed E-state index contributed by atoms with van der Waals surface area (Å²) in [6.45, 7) is 0.445. The van der Waals surface area contributed by atoms with Crippen molar-refractivity contribution >= 4 is 11.6 Å². The standard InChI is InChI=1S/C18H14FN3O2/c19-14-6-8-15(9-7-14)22-11-13(10-16(22)23)18-20-17(21-24-18)12-4-2-1-3-5-12/h1-9,13H,10-11H2/t13-/m0/s1. The Balaban J connectivity index is 1.55. The van der Waals surface area contributed by atoms with Crippen LogP contribution in [-0.4, -0.2) is 22.6 Å². The molecule has 0 saturated carbocycles. The van der Waals surface area contributed by atoms with Gasteiger partial charge >= 0.3 is 0 Å². The first-order valence-corrected chi connectivity index (χ1v) is 7.65. The number of hydrogen-bond acceptors (Lipinski definition) is 4. The van der Waals surface area contributed by atoms with E-state index < -0.39 is 0 Å². The Kier molecular flexibility index (Phi) is 3.57. The molecule has 0 bridgehead atoms. The maximum absolute atomic E-state index is 13.0. The molecule has 1 aliphatic rings. The highest BCUT2D eigenvalue weighted by Gasteiger charge is 2.35. The van der Waals surface area contributed by atoms with E-state index in [9.17, 15) is 9.18 Å². The van der Waals surface area contributed by atoms with Gasteiger partial charge in [0, 0.05) is 24.2 Å². The summed E-state index contributed by atoms with van der Waals surface area (Å²) in [7, 11) is 0. The molecule has 0 spiro atoms. The van der Waals surface area contributed by atoms with Crippen molar-refractivity contribution in [2.24, 2.45) is 0 Å². The Labute approximate surface area is 137 Å². The van der Waals surface area contributed by atoms with Crippen molar-refractivity contribution in [1.29, 1.82) is 0 Å². The summed E-state index contributed by atoms with van der Waals surface area (Å²) in [5, 5.41) is 4.00.